The molecule has 0 fully saturated rings. The molecule has 0 spiro atoms. The molecule has 2 N–H and O–H groups in total. The number of rotatable bonds is 5. The molecule has 0 aliphatic rings. The van der Waals surface area contributed by atoms with E-state index < -0.39 is 0 Å². The Balaban J connectivity index is 1.59. The van der Waals surface area contributed by atoms with Crippen LogP contribution >= 0.6 is 0 Å². The van der Waals surface area contributed by atoms with Crippen LogP contribution in [0.5, 0.6) is 0 Å². The van der Waals surface area contributed by atoms with E-state index in [0.717, 1.165) is 11.3 Å². The summed E-state index contributed by atoms with van der Waals surface area (Å²) in [5, 5.41) is 5.77. The Morgan fingerprint density at radius 3 is 1.83 bits per heavy atom. The quantitative estimate of drug-likeness (QED) is 0.636. The topological polar surface area (TPSA) is 58.2 Å². The lowest BCUT2D eigenvalue weighted by molar-refractivity contribution is 0.0949. The number of hydrogen-bond acceptors (Lipinski definition) is 2. The summed E-state index contributed by atoms with van der Waals surface area (Å²) in [5.41, 5.74) is 4.08. The summed E-state index contributed by atoms with van der Waals surface area (Å²) in [6.45, 7) is 6.92. The van der Waals surface area contributed by atoms with Crippen molar-refractivity contribution in [2.45, 2.75) is 32.7 Å². The first-order valence-electron chi connectivity index (χ1n) is 9.67. The van der Waals surface area contributed by atoms with Crippen molar-refractivity contribution in [2.24, 2.45) is 0 Å². The second-order valence-corrected chi connectivity index (χ2v) is 8.03. The van der Waals surface area contributed by atoms with Gasteiger partial charge in [0.2, 0.25) is 0 Å². The van der Waals surface area contributed by atoms with Crippen molar-refractivity contribution >= 4 is 17.5 Å². The van der Waals surface area contributed by atoms with Crippen LogP contribution in [0.2, 0.25) is 0 Å². The molecule has 0 aromatic heterocycles. The summed E-state index contributed by atoms with van der Waals surface area (Å²) in [4.78, 5) is 24.8. The minimum absolute atomic E-state index is 0.0689. The average molecular weight is 386 g/mol. The van der Waals surface area contributed by atoms with Gasteiger partial charge in [-0.05, 0) is 52.9 Å². The van der Waals surface area contributed by atoms with Crippen LogP contribution in [0.1, 0.15) is 52.6 Å². The summed E-state index contributed by atoms with van der Waals surface area (Å²) in [6, 6.07) is 24.2. The zero-order valence-electron chi connectivity index (χ0n) is 17.0. The molecule has 29 heavy (non-hydrogen) atoms. The van der Waals surface area contributed by atoms with Crippen LogP contribution in [0.15, 0.2) is 78.9 Å². The van der Waals surface area contributed by atoms with Crippen molar-refractivity contribution in [1.29, 1.82) is 0 Å². The summed E-state index contributed by atoms with van der Waals surface area (Å²) >= 11 is 0. The highest BCUT2D eigenvalue weighted by Gasteiger charge is 2.14. The van der Waals surface area contributed by atoms with E-state index in [0.29, 0.717) is 17.7 Å². The number of amides is 2. The van der Waals surface area contributed by atoms with Crippen LogP contribution in [-0.2, 0) is 12.0 Å². The van der Waals surface area contributed by atoms with Gasteiger partial charge in [-0.3, -0.25) is 9.59 Å². The second-order valence-electron chi connectivity index (χ2n) is 8.03. The zero-order valence-corrected chi connectivity index (χ0v) is 17.0. The van der Waals surface area contributed by atoms with E-state index in [-0.39, 0.29) is 17.2 Å². The molecule has 0 atom stereocenters. The lowest BCUT2D eigenvalue weighted by Crippen LogP contribution is -2.22. The van der Waals surface area contributed by atoms with Gasteiger partial charge in [-0.2, -0.15) is 0 Å². The van der Waals surface area contributed by atoms with Crippen molar-refractivity contribution in [3.05, 3.63) is 101 Å². The minimum atomic E-state index is -0.204. The van der Waals surface area contributed by atoms with Crippen LogP contribution in [0.3, 0.4) is 0 Å². The predicted octanol–water partition coefficient (Wildman–Crippen LogP) is 5.17. The lowest BCUT2D eigenvalue weighted by atomic mass is 9.87. The summed E-state index contributed by atoms with van der Waals surface area (Å²) in [6.07, 6.45) is 0. The first-order valence-corrected chi connectivity index (χ1v) is 9.67. The lowest BCUT2D eigenvalue weighted by Gasteiger charge is -2.19. The van der Waals surface area contributed by atoms with Crippen LogP contribution in [0, 0.1) is 0 Å². The third-order valence-corrected chi connectivity index (χ3v) is 4.71. The van der Waals surface area contributed by atoms with E-state index in [1.54, 1.807) is 24.3 Å². The number of benzene rings is 3. The molecule has 3 aromatic carbocycles. The third-order valence-electron chi connectivity index (χ3n) is 4.71. The number of carbonyl (C=O) groups is 2. The van der Waals surface area contributed by atoms with Crippen LogP contribution in [0.25, 0.3) is 0 Å². The van der Waals surface area contributed by atoms with Gasteiger partial charge in [0.15, 0.2) is 0 Å². The first-order chi connectivity index (χ1) is 13.8. The fourth-order valence-corrected chi connectivity index (χ4v) is 2.91. The van der Waals surface area contributed by atoms with Crippen LogP contribution in [-0.4, -0.2) is 11.8 Å². The fourth-order valence-electron chi connectivity index (χ4n) is 2.91. The van der Waals surface area contributed by atoms with Crippen molar-refractivity contribution in [2.75, 3.05) is 5.32 Å². The summed E-state index contributed by atoms with van der Waals surface area (Å²) in [5.74, 6) is -0.372. The maximum Gasteiger partial charge on any atom is 0.255 e. The number of nitrogens with one attached hydrogen (secondary N) is 2. The van der Waals surface area contributed by atoms with Gasteiger partial charge in [-0.1, -0.05) is 63.2 Å². The van der Waals surface area contributed by atoms with Gasteiger partial charge < -0.3 is 10.6 Å². The molecular weight excluding hydrogens is 360 g/mol. The molecule has 4 nitrogen and oxygen atoms in total. The molecule has 4 heteroatoms. The van der Waals surface area contributed by atoms with Crippen molar-refractivity contribution in [3.8, 4) is 0 Å². The van der Waals surface area contributed by atoms with Gasteiger partial charge in [0, 0.05) is 23.4 Å². The monoisotopic (exact) mass is 386 g/mol. The zero-order chi connectivity index (χ0) is 20.9. The largest absolute Gasteiger partial charge is 0.348 e. The van der Waals surface area contributed by atoms with E-state index in [9.17, 15) is 9.59 Å². The standard InChI is InChI=1S/C25H26N2O2/c1-25(2,3)21-13-15-22(16-14-21)27-24(29)20-11-9-19(10-12-20)23(28)26-17-18-7-5-4-6-8-18/h4-16H,17H2,1-3H3,(H,26,28)(H,27,29). The Morgan fingerprint density at radius 1 is 0.724 bits per heavy atom. The molecule has 0 unspecified atom stereocenters. The highest BCUT2D eigenvalue weighted by molar-refractivity contribution is 6.05. The molecule has 0 heterocycles. The van der Waals surface area contributed by atoms with E-state index in [2.05, 4.69) is 31.4 Å². The van der Waals surface area contributed by atoms with Gasteiger partial charge in [-0.15, -0.1) is 0 Å². The highest BCUT2D eigenvalue weighted by Crippen LogP contribution is 2.23. The van der Waals surface area contributed by atoms with Crippen molar-refractivity contribution in [1.82, 2.24) is 5.32 Å². The minimum Gasteiger partial charge on any atom is -0.348 e. The Bertz CT molecular complexity index is 970. The molecule has 0 bridgehead atoms. The maximum atomic E-state index is 12.5. The maximum absolute atomic E-state index is 12.5. The van der Waals surface area contributed by atoms with Gasteiger partial charge in [-0.25, -0.2) is 0 Å². The van der Waals surface area contributed by atoms with E-state index in [4.69, 9.17) is 0 Å². The Morgan fingerprint density at radius 2 is 1.28 bits per heavy atom. The molecule has 0 aliphatic heterocycles. The molecule has 3 aromatic rings. The Hall–Kier alpha value is -3.40. The molecular formula is C25H26N2O2. The number of hydrogen-bond donors (Lipinski definition) is 2. The van der Waals surface area contributed by atoms with E-state index in [1.165, 1.54) is 5.56 Å². The molecule has 2 amide bonds. The van der Waals surface area contributed by atoms with Crippen LogP contribution in [0.4, 0.5) is 5.69 Å². The number of carbonyl (C=O) groups excluding carboxylic acids is 2. The Kier molecular flexibility index (Phi) is 6.13. The Labute approximate surface area is 172 Å². The third kappa shape index (κ3) is 5.55. The second kappa shape index (κ2) is 8.74. The van der Waals surface area contributed by atoms with Crippen molar-refractivity contribution in [3.63, 3.8) is 0 Å². The first kappa shape index (κ1) is 20.3. The predicted molar refractivity (Wildman–Crippen MR) is 117 cm³/mol. The molecule has 0 saturated heterocycles. The van der Waals surface area contributed by atoms with Gasteiger partial charge in [0.25, 0.3) is 11.8 Å². The van der Waals surface area contributed by atoms with Gasteiger partial charge in [0.1, 0.15) is 0 Å². The molecule has 0 aliphatic carbocycles. The SMILES string of the molecule is CC(C)(C)c1ccc(NC(=O)c2ccc(C(=O)NCc3ccccc3)cc2)cc1. The highest BCUT2D eigenvalue weighted by atomic mass is 16.2. The molecule has 3 rings (SSSR count). The van der Waals surface area contributed by atoms with Crippen LogP contribution < -0.4 is 10.6 Å². The summed E-state index contributed by atoms with van der Waals surface area (Å²) in [7, 11) is 0. The molecule has 0 radical (unpaired) electrons. The van der Waals surface area contributed by atoms with E-state index >= 15 is 0 Å². The normalized spacial score (nSPS) is 11.0. The average Bonchev–Trinajstić information content (AvgIpc) is 2.72. The smallest absolute Gasteiger partial charge is 0.255 e. The number of anilines is 1. The summed E-state index contributed by atoms with van der Waals surface area (Å²) < 4.78 is 0. The van der Waals surface area contributed by atoms with E-state index in [1.807, 2.05) is 54.6 Å². The van der Waals surface area contributed by atoms with Gasteiger partial charge in [0.05, 0.1) is 0 Å². The van der Waals surface area contributed by atoms with Gasteiger partial charge >= 0.3 is 0 Å². The van der Waals surface area contributed by atoms with Crippen molar-refractivity contribution < 1.29 is 9.59 Å². The molecule has 0 saturated carbocycles. The molecule has 148 valence electrons. The fraction of sp³-hybridized carbons (Fsp3) is 0.200.